The molecule has 0 bridgehead atoms. The van der Waals surface area contributed by atoms with Crippen molar-refractivity contribution in [3.8, 4) is 0 Å². The molecule has 2 aromatic heterocycles. The largest absolute Gasteiger partial charge is 0.330 e. The summed E-state index contributed by atoms with van der Waals surface area (Å²) in [6.45, 7) is 2.64. The van der Waals surface area contributed by atoms with Crippen LogP contribution in [0.2, 0.25) is 5.15 Å². The van der Waals surface area contributed by atoms with E-state index in [4.69, 9.17) is 11.6 Å². The van der Waals surface area contributed by atoms with E-state index >= 15 is 0 Å². The number of nitrogens with one attached hydrogen (secondary N) is 1. The van der Waals surface area contributed by atoms with Crippen molar-refractivity contribution in [2.45, 2.75) is 25.8 Å². The first kappa shape index (κ1) is 15.2. The molecule has 1 N–H and O–H groups in total. The third-order valence-corrected chi connectivity index (χ3v) is 5.16. The Morgan fingerprint density at radius 2 is 2.17 bits per heavy atom. The fourth-order valence-corrected chi connectivity index (χ4v) is 3.90. The molecule has 0 radical (unpaired) electrons. The van der Waals surface area contributed by atoms with Crippen molar-refractivity contribution >= 4 is 28.4 Å². The monoisotopic (exact) mass is 343 g/mol. The predicted molar refractivity (Wildman–Crippen MR) is 92.1 cm³/mol. The second-order valence-electron chi connectivity index (χ2n) is 6.19. The Labute approximate surface area is 144 Å². The number of benzene rings is 1. The van der Waals surface area contributed by atoms with Crippen LogP contribution in [0.3, 0.4) is 0 Å². The van der Waals surface area contributed by atoms with Crippen LogP contribution in [0, 0.1) is 6.92 Å². The number of rotatable bonds is 2. The summed E-state index contributed by atoms with van der Waals surface area (Å²) in [6, 6.07) is 7.63. The number of hydrogen-bond acceptors (Lipinski definition) is 3. The number of carbonyl (C=O) groups excluding carboxylic acids is 1. The second-order valence-corrected chi connectivity index (χ2v) is 6.55. The van der Waals surface area contributed by atoms with Crippen LogP contribution in [0.4, 0.5) is 0 Å². The Morgan fingerprint density at radius 3 is 2.92 bits per heavy atom. The van der Waals surface area contributed by atoms with Gasteiger partial charge in [0.15, 0.2) is 5.69 Å². The molecule has 1 amide bonds. The van der Waals surface area contributed by atoms with E-state index in [0.717, 1.165) is 35.0 Å². The normalized spacial score (nSPS) is 17.8. The van der Waals surface area contributed by atoms with Gasteiger partial charge in [-0.2, -0.15) is 10.2 Å². The summed E-state index contributed by atoms with van der Waals surface area (Å²) in [5.74, 6) is -0.0609. The van der Waals surface area contributed by atoms with Crippen molar-refractivity contribution in [3.05, 3.63) is 46.4 Å². The summed E-state index contributed by atoms with van der Waals surface area (Å²) in [4.78, 5) is 15.0. The Kier molecular flexibility index (Phi) is 3.57. The molecule has 4 rings (SSSR count). The van der Waals surface area contributed by atoms with Crippen LogP contribution < -0.4 is 0 Å². The highest BCUT2D eigenvalue weighted by Crippen LogP contribution is 2.38. The number of likely N-dealkylation sites (tertiary alicyclic amines) is 1. The average molecular weight is 344 g/mol. The molecule has 1 saturated heterocycles. The molecule has 1 aromatic carbocycles. The lowest BCUT2D eigenvalue weighted by molar-refractivity contribution is 0.0731. The zero-order valence-corrected chi connectivity index (χ0v) is 14.3. The first-order valence-corrected chi connectivity index (χ1v) is 8.39. The maximum Gasteiger partial charge on any atom is 0.275 e. The fraction of sp³-hybridized carbons (Fsp3) is 0.353. The Morgan fingerprint density at radius 1 is 1.38 bits per heavy atom. The Bertz CT molecular complexity index is 928. The van der Waals surface area contributed by atoms with Crippen molar-refractivity contribution in [2.75, 3.05) is 6.54 Å². The van der Waals surface area contributed by atoms with Gasteiger partial charge in [0.25, 0.3) is 5.91 Å². The van der Waals surface area contributed by atoms with Crippen molar-refractivity contribution in [1.29, 1.82) is 0 Å². The SMILES string of the molecule is Cc1nn(C)c(Cl)c1C1CCCN1C(=O)c1n[nH]c2ccccc12. The molecular weight excluding hydrogens is 326 g/mol. The predicted octanol–water partition coefficient (Wildman–Crippen LogP) is 3.24. The average Bonchev–Trinajstić information content (AvgIpc) is 3.26. The summed E-state index contributed by atoms with van der Waals surface area (Å²) in [5, 5.41) is 13.0. The van der Waals surface area contributed by atoms with Gasteiger partial charge in [-0.05, 0) is 25.8 Å². The van der Waals surface area contributed by atoms with E-state index in [9.17, 15) is 4.79 Å². The summed E-state index contributed by atoms with van der Waals surface area (Å²) >= 11 is 6.42. The van der Waals surface area contributed by atoms with E-state index < -0.39 is 0 Å². The van der Waals surface area contributed by atoms with Crippen molar-refractivity contribution < 1.29 is 4.79 Å². The highest BCUT2D eigenvalue weighted by molar-refractivity contribution is 6.30. The molecule has 24 heavy (non-hydrogen) atoms. The molecule has 1 aliphatic heterocycles. The minimum atomic E-state index is -0.0609. The molecule has 7 heteroatoms. The van der Waals surface area contributed by atoms with Crippen molar-refractivity contribution in [2.24, 2.45) is 7.05 Å². The standard InChI is InChI=1S/C17H18ClN5O/c1-10-14(16(18)22(2)21-10)13-8-5-9-23(13)17(24)15-11-6-3-4-7-12(11)19-20-15/h3-4,6-7,13H,5,8-9H2,1-2H3,(H,19,20). The number of halogens is 1. The molecule has 0 aliphatic carbocycles. The second kappa shape index (κ2) is 5.63. The number of aromatic nitrogens is 4. The van der Waals surface area contributed by atoms with Crippen LogP contribution in [-0.4, -0.2) is 37.3 Å². The molecule has 1 aliphatic rings. The minimum absolute atomic E-state index is 0.0471. The number of aryl methyl sites for hydroxylation is 2. The van der Waals surface area contributed by atoms with Crippen LogP contribution in [0.15, 0.2) is 24.3 Å². The first-order valence-electron chi connectivity index (χ1n) is 8.01. The van der Waals surface area contributed by atoms with Gasteiger partial charge >= 0.3 is 0 Å². The molecule has 0 spiro atoms. The highest BCUT2D eigenvalue weighted by atomic mass is 35.5. The number of aromatic amines is 1. The van der Waals surface area contributed by atoms with Crippen molar-refractivity contribution in [1.82, 2.24) is 24.9 Å². The van der Waals surface area contributed by atoms with E-state index in [1.165, 1.54) is 0 Å². The van der Waals surface area contributed by atoms with Gasteiger partial charge in [0.05, 0.1) is 17.3 Å². The van der Waals surface area contributed by atoms with Crippen LogP contribution in [0.5, 0.6) is 0 Å². The van der Waals surface area contributed by atoms with Gasteiger partial charge in [0, 0.05) is 24.5 Å². The lowest BCUT2D eigenvalue weighted by atomic mass is 10.1. The molecule has 1 atom stereocenters. The number of hydrogen-bond donors (Lipinski definition) is 1. The summed E-state index contributed by atoms with van der Waals surface area (Å²) in [5.41, 5.74) is 3.16. The molecule has 0 saturated carbocycles. The maximum atomic E-state index is 13.1. The van der Waals surface area contributed by atoms with Crippen LogP contribution in [0.1, 0.15) is 40.6 Å². The quantitative estimate of drug-likeness (QED) is 0.776. The summed E-state index contributed by atoms with van der Waals surface area (Å²) in [7, 11) is 1.82. The highest BCUT2D eigenvalue weighted by Gasteiger charge is 2.35. The Hall–Kier alpha value is -2.34. The number of fused-ring (bicyclic) bond motifs is 1. The lowest BCUT2D eigenvalue weighted by Gasteiger charge is -2.24. The van der Waals surface area contributed by atoms with E-state index in [1.54, 1.807) is 4.68 Å². The van der Waals surface area contributed by atoms with Gasteiger partial charge in [-0.1, -0.05) is 29.8 Å². The number of nitrogens with zero attached hydrogens (tertiary/aromatic N) is 4. The molecule has 3 aromatic rings. The van der Waals surface area contributed by atoms with E-state index in [2.05, 4.69) is 15.3 Å². The third kappa shape index (κ3) is 2.21. The minimum Gasteiger partial charge on any atom is -0.330 e. The zero-order chi connectivity index (χ0) is 16.8. The van der Waals surface area contributed by atoms with Gasteiger partial charge in [0.1, 0.15) is 5.15 Å². The summed E-state index contributed by atoms with van der Waals surface area (Å²) in [6.07, 6.45) is 1.84. The molecule has 6 nitrogen and oxygen atoms in total. The number of para-hydroxylation sites is 1. The van der Waals surface area contributed by atoms with Crippen LogP contribution >= 0.6 is 11.6 Å². The number of amides is 1. The van der Waals surface area contributed by atoms with Gasteiger partial charge in [-0.15, -0.1) is 0 Å². The van der Waals surface area contributed by atoms with E-state index in [0.29, 0.717) is 17.4 Å². The Balaban J connectivity index is 1.74. The van der Waals surface area contributed by atoms with Gasteiger partial charge in [-0.25, -0.2) is 0 Å². The van der Waals surface area contributed by atoms with Crippen LogP contribution in [-0.2, 0) is 7.05 Å². The smallest absolute Gasteiger partial charge is 0.275 e. The number of carbonyl (C=O) groups is 1. The molecule has 1 fully saturated rings. The molecule has 124 valence electrons. The first-order chi connectivity index (χ1) is 11.6. The third-order valence-electron chi connectivity index (χ3n) is 4.72. The van der Waals surface area contributed by atoms with Crippen molar-refractivity contribution in [3.63, 3.8) is 0 Å². The van der Waals surface area contributed by atoms with Crippen LogP contribution in [0.25, 0.3) is 10.9 Å². The van der Waals surface area contributed by atoms with Gasteiger partial charge in [-0.3, -0.25) is 14.6 Å². The van der Waals surface area contributed by atoms with E-state index in [-0.39, 0.29) is 11.9 Å². The molecule has 1 unspecified atom stereocenters. The molecular formula is C17H18ClN5O. The van der Waals surface area contributed by atoms with Gasteiger partial charge in [0.2, 0.25) is 0 Å². The summed E-state index contributed by atoms with van der Waals surface area (Å²) < 4.78 is 1.66. The number of H-pyrrole nitrogens is 1. The van der Waals surface area contributed by atoms with Gasteiger partial charge < -0.3 is 4.90 Å². The fourth-order valence-electron chi connectivity index (χ4n) is 3.60. The lowest BCUT2D eigenvalue weighted by Crippen LogP contribution is -2.31. The topological polar surface area (TPSA) is 66.8 Å². The zero-order valence-electron chi connectivity index (χ0n) is 13.6. The van der Waals surface area contributed by atoms with E-state index in [1.807, 2.05) is 43.1 Å². The molecule has 3 heterocycles. The maximum absolute atomic E-state index is 13.1.